The van der Waals surface area contributed by atoms with Crippen molar-refractivity contribution in [3.05, 3.63) is 58.8 Å². The van der Waals surface area contributed by atoms with Gasteiger partial charge in [-0.3, -0.25) is 19.5 Å². The van der Waals surface area contributed by atoms with Crippen LogP contribution in [0, 0.1) is 0 Å². The highest BCUT2D eigenvalue weighted by Crippen LogP contribution is 2.22. The van der Waals surface area contributed by atoms with E-state index in [0.29, 0.717) is 12.2 Å². The Hall–Kier alpha value is -2.93. The van der Waals surface area contributed by atoms with Gasteiger partial charge in [0, 0.05) is 55.4 Å². The minimum absolute atomic E-state index is 0.0553. The molecule has 0 spiro atoms. The van der Waals surface area contributed by atoms with Crippen LogP contribution in [-0.2, 0) is 11.2 Å². The van der Waals surface area contributed by atoms with Gasteiger partial charge in [-0.2, -0.15) is 0 Å². The number of carbonyl (C=O) groups is 1. The number of aryl methyl sites for hydroxylation is 1. The van der Waals surface area contributed by atoms with E-state index in [-0.39, 0.29) is 17.5 Å². The minimum atomic E-state index is -0.146. The first-order valence-electron chi connectivity index (χ1n) is 11.7. The summed E-state index contributed by atoms with van der Waals surface area (Å²) in [5, 5.41) is 3.39. The summed E-state index contributed by atoms with van der Waals surface area (Å²) in [5.41, 5.74) is 3.38. The third-order valence-corrected chi connectivity index (χ3v) is 6.33. The minimum Gasteiger partial charge on any atom is -0.376 e. The number of piperidine rings is 1. The van der Waals surface area contributed by atoms with Crippen molar-refractivity contribution in [3.8, 4) is 11.1 Å². The van der Waals surface area contributed by atoms with Crippen molar-refractivity contribution >= 4 is 11.6 Å². The number of carbonyl (C=O) groups excluding carboxylic acids is 1. The Bertz CT molecular complexity index is 1010. The van der Waals surface area contributed by atoms with E-state index in [1.807, 2.05) is 29.2 Å². The van der Waals surface area contributed by atoms with Gasteiger partial charge < -0.3 is 15.2 Å². The van der Waals surface area contributed by atoms with E-state index < -0.39 is 0 Å². The number of H-pyrrole nitrogens is 1. The Labute approximate surface area is 189 Å². The average molecular weight is 436 g/mol. The predicted molar refractivity (Wildman–Crippen MR) is 128 cm³/mol. The van der Waals surface area contributed by atoms with Gasteiger partial charge in [0.15, 0.2) is 0 Å². The van der Waals surface area contributed by atoms with Crippen molar-refractivity contribution in [3.63, 3.8) is 0 Å². The van der Waals surface area contributed by atoms with Gasteiger partial charge in [-0.25, -0.2) is 0 Å². The summed E-state index contributed by atoms with van der Waals surface area (Å²) in [6.07, 6.45) is 12.5. The van der Waals surface area contributed by atoms with Gasteiger partial charge in [0.1, 0.15) is 5.69 Å². The van der Waals surface area contributed by atoms with Crippen LogP contribution in [0.15, 0.2) is 47.5 Å². The van der Waals surface area contributed by atoms with Crippen LogP contribution in [0.4, 0.5) is 5.69 Å². The molecule has 1 atom stereocenters. The van der Waals surface area contributed by atoms with Gasteiger partial charge in [0.2, 0.25) is 5.91 Å². The maximum absolute atomic E-state index is 12.7. The number of likely N-dealkylation sites (tertiary alicyclic amines) is 2. The number of nitrogens with zero attached hydrogens (tertiary/aromatic N) is 3. The second kappa shape index (κ2) is 10.6. The van der Waals surface area contributed by atoms with Crippen molar-refractivity contribution in [2.24, 2.45) is 0 Å². The van der Waals surface area contributed by atoms with E-state index in [1.54, 1.807) is 18.5 Å². The summed E-state index contributed by atoms with van der Waals surface area (Å²) in [6, 6.07) is 5.95. The fourth-order valence-corrected chi connectivity index (χ4v) is 4.50. The summed E-state index contributed by atoms with van der Waals surface area (Å²) >= 11 is 0. The van der Waals surface area contributed by atoms with E-state index in [0.717, 1.165) is 62.3 Å². The monoisotopic (exact) mass is 435 g/mol. The molecule has 0 aliphatic carbocycles. The maximum atomic E-state index is 12.7. The van der Waals surface area contributed by atoms with Crippen molar-refractivity contribution in [1.29, 1.82) is 0 Å². The molecule has 2 saturated heterocycles. The highest BCUT2D eigenvalue weighted by molar-refractivity contribution is 5.87. The fourth-order valence-electron chi connectivity index (χ4n) is 4.50. The first-order chi connectivity index (χ1) is 15.6. The zero-order valence-corrected chi connectivity index (χ0v) is 18.8. The van der Waals surface area contributed by atoms with Gasteiger partial charge in [0.25, 0.3) is 5.56 Å². The molecule has 0 unspecified atom stereocenters. The first-order valence-corrected chi connectivity index (χ1v) is 11.7. The summed E-state index contributed by atoms with van der Waals surface area (Å²) in [6.45, 7) is 6.54. The Morgan fingerprint density at radius 2 is 2.06 bits per heavy atom. The molecule has 0 bridgehead atoms. The third-order valence-electron chi connectivity index (χ3n) is 6.33. The lowest BCUT2D eigenvalue weighted by atomic mass is 10.0. The smallest absolute Gasteiger partial charge is 0.271 e. The molecule has 2 aromatic heterocycles. The standard InChI is InChI=1S/C25H33N5O2/c1-2-21-15-19(9-10-26-21)20-16-23(25(32)27-17-20)28-22-7-5-14-30(18-22)24(31)8-6-13-29-11-3-4-12-29/h6,8-10,15-17,22,28H,2-5,7,11-14,18H2,1H3,(H,27,32)/b8-6+/t22-/m1/s1. The van der Waals surface area contributed by atoms with Crippen LogP contribution < -0.4 is 10.9 Å². The van der Waals surface area contributed by atoms with Crippen LogP contribution in [-0.4, -0.2) is 64.4 Å². The van der Waals surface area contributed by atoms with Crippen LogP contribution in [0.1, 0.15) is 38.3 Å². The Morgan fingerprint density at radius 1 is 1.22 bits per heavy atom. The number of hydrogen-bond acceptors (Lipinski definition) is 5. The van der Waals surface area contributed by atoms with E-state index >= 15 is 0 Å². The second-order valence-electron chi connectivity index (χ2n) is 8.70. The number of anilines is 1. The molecule has 1 amide bonds. The number of nitrogens with one attached hydrogen (secondary N) is 2. The molecule has 32 heavy (non-hydrogen) atoms. The molecule has 7 nitrogen and oxygen atoms in total. The molecule has 2 aliphatic heterocycles. The lowest BCUT2D eigenvalue weighted by molar-refractivity contribution is -0.127. The molecule has 4 rings (SSSR count). The van der Waals surface area contributed by atoms with E-state index in [4.69, 9.17) is 0 Å². The predicted octanol–water partition coefficient (Wildman–Crippen LogP) is 3.05. The number of amides is 1. The summed E-state index contributed by atoms with van der Waals surface area (Å²) in [7, 11) is 0. The quantitative estimate of drug-likeness (QED) is 0.654. The number of pyridine rings is 2. The van der Waals surface area contributed by atoms with Crippen LogP contribution in [0.3, 0.4) is 0 Å². The van der Waals surface area contributed by atoms with Crippen molar-refractivity contribution < 1.29 is 4.79 Å². The lowest BCUT2D eigenvalue weighted by Gasteiger charge is -2.33. The van der Waals surface area contributed by atoms with Crippen molar-refractivity contribution in [2.45, 2.75) is 45.1 Å². The van der Waals surface area contributed by atoms with Gasteiger partial charge in [-0.15, -0.1) is 0 Å². The van der Waals surface area contributed by atoms with Crippen LogP contribution in [0.2, 0.25) is 0 Å². The molecule has 2 fully saturated rings. The lowest BCUT2D eigenvalue weighted by Crippen LogP contribution is -2.45. The fraction of sp³-hybridized carbons (Fsp3) is 0.480. The SMILES string of the molecule is CCc1cc(-c2c[nH]c(=O)c(N[C@@H]3CCCN(C(=O)/C=C/CN4CCCC4)C3)c2)ccn1. The molecule has 0 saturated carbocycles. The largest absolute Gasteiger partial charge is 0.376 e. The Balaban J connectivity index is 1.39. The molecule has 170 valence electrons. The number of aromatic nitrogens is 2. The van der Waals surface area contributed by atoms with Crippen LogP contribution in [0.5, 0.6) is 0 Å². The molecule has 4 heterocycles. The zero-order valence-electron chi connectivity index (χ0n) is 18.8. The zero-order chi connectivity index (χ0) is 22.3. The topological polar surface area (TPSA) is 81.3 Å². The van der Waals surface area contributed by atoms with Gasteiger partial charge in [0.05, 0.1) is 0 Å². The molecule has 7 heteroatoms. The average Bonchev–Trinajstić information content (AvgIpc) is 3.34. The summed E-state index contributed by atoms with van der Waals surface area (Å²) < 4.78 is 0. The second-order valence-corrected chi connectivity index (χ2v) is 8.70. The molecule has 0 radical (unpaired) electrons. The summed E-state index contributed by atoms with van der Waals surface area (Å²) in [5.74, 6) is 0.0576. The number of hydrogen-bond donors (Lipinski definition) is 2. The van der Waals surface area contributed by atoms with Crippen molar-refractivity contribution in [2.75, 3.05) is 38.0 Å². The van der Waals surface area contributed by atoms with Crippen LogP contribution in [0.25, 0.3) is 11.1 Å². The van der Waals surface area contributed by atoms with E-state index in [9.17, 15) is 9.59 Å². The van der Waals surface area contributed by atoms with Crippen LogP contribution >= 0.6 is 0 Å². The highest BCUT2D eigenvalue weighted by Gasteiger charge is 2.23. The van der Waals surface area contributed by atoms with E-state index in [1.165, 1.54) is 12.8 Å². The van der Waals surface area contributed by atoms with Gasteiger partial charge in [-0.05, 0) is 69.0 Å². The molecule has 2 N–H and O–H groups in total. The third kappa shape index (κ3) is 5.65. The molecule has 0 aromatic carbocycles. The van der Waals surface area contributed by atoms with E-state index in [2.05, 4.69) is 27.1 Å². The highest BCUT2D eigenvalue weighted by atomic mass is 16.2. The van der Waals surface area contributed by atoms with Crippen molar-refractivity contribution in [1.82, 2.24) is 19.8 Å². The van der Waals surface area contributed by atoms with Gasteiger partial charge in [-0.1, -0.05) is 13.0 Å². The normalized spacial score (nSPS) is 19.5. The molecule has 2 aliphatic rings. The first kappa shape index (κ1) is 22.3. The summed E-state index contributed by atoms with van der Waals surface area (Å²) in [4.78, 5) is 36.6. The number of rotatable bonds is 7. The van der Waals surface area contributed by atoms with Gasteiger partial charge >= 0.3 is 0 Å². The molecular formula is C25H33N5O2. The Morgan fingerprint density at radius 3 is 2.88 bits per heavy atom. The Kier molecular flexibility index (Phi) is 7.37. The molecule has 2 aromatic rings. The number of aromatic amines is 1. The molecular weight excluding hydrogens is 402 g/mol. The maximum Gasteiger partial charge on any atom is 0.271 e.